The van der Waals surface area contributed by atoms with E-state index < -0.39 is 17.7 Å². The average molecular weight is 383 g/mol. The van der Waals surface area contributed by atoms with Crippen LogP contribution >= 0.6 is 0 Å². The summed E-state index contributed by atoms with van der Waals surface area (Å²) in [5, 5.41) is 3.00. The fourth-order valence-corrected chi connectivity index (χ4v) is 2.79. The molecular weight excluding hydrogens is 362 g/mol. The van der Waals surface area contributed by atoms with Crippen LogP contribution in [0.1, 0.15) is 13.8 Å². The molecule has 0 unspecified atom stereocenters. The van der Waals surface area contributed by atoms with Gasteiger partial charge in [0, 0.05) is 31.3 Å². The lowest BCUT2D eigenvalue weighted by atomic mass is 10.0. The standard InChI is InChI=1S/C21H21NO6/c1-21(2)27-19(23)15(20(24)28-21)12-22-16-8-6-5-7-14(16)13-9-10-17(25-3)18(11-13)26-4/h5-12,22H,1-4H3. The first kappa shape index (κ1) is 19.3. The van der Waals surface area contributed by atoms with E-state index in [4.69, 9.17) is 18.9 Å². The Kier molecular flexibility index (Phi) is 5.26. The minimum Gasteiger partial charge on any atom is -0.493 e. The summed E-state index contributed by atoms with van der Waals surface area (Å²) < 4.78 is 20.8. The van der Waals surface area contributed by atoms with Gasteiger partial charge in [0.1, 0.15) is 0 Å². The Morgan fingerprint density at radius 3 is 2.21 bits per heavy atom. The van der Waals surface area contributed by atoms with E-state index in [2.05, 4.69) is 5.32 Å². The Bertz CT molecular complexity index is 926. The molecule has 0 atom stereocenters. The second-order valence-electron chi connectivity index (χ2n) is 6.50. The molecule has 2 aromatic carbocycles. The number of para-hydroxylation sites is 1. The van der Waals surface area contributed by atoms with Crippen molar-refractivity contribution in [3.63, 3.8) is 0 Å². The van der Waals surface area contributed by atoms with Gasteiger partial charge < -0.3 is 24.3 Å². The van der Waals surface area contributed by atoms with E-state index >= 15 is 0 Å². The number of esters is 2. The maximum absolute atomic E-state index is 12.1. The van der Waals surface area contributed by atoms with E-state index in [1.54, 1.807) is 20.3 Å². The number of anilines is 1. The number of carbonyl (C=O) groups excluding carboxylic acids is 2. The van der Waals surface area contributed by atoms with Gasteiger partial charge in [0.25, 0.3) is 5.79 Å². The monoisotopic (exact) mass is 383 g/mol. The number of cyclic esters (lactones) is 2. The zero-order valence-electron chi connectivity index (χ0n) is 16.1. The molecule has 0 saturated carbocycles. The number of benzene rings is 2. The lowest BCUT2D eigenvalue weighted by Crippen LogP contribution is -2.42. The molecule has 3 rings (SSSR count). The summed E-state index contributed by atoms with van der Waals surface area (Å²) in [4.78, 5) is 24.2. The summed E-state index contributed by atoms with van der Waals surface area (Å²) in [6.45, 7) is 3.00. The van der Waals surface area contributed by atoms with Crippen molar-refractivity contribution in [3.8, 4) is 22.6 Å². The molecule has 1 fully saturated rings. The van der Waals surface area contributed by atoms with Gasteiger partial charge in [0.05, 0.1) is 14.2 Å². The van der Waals surface area contributed by atoms with Gasteiger partial charge in [0.2, 0.25) is 0 Å². The molecule has 1 aliphatic heterocycles. The average Bonchev–Trinajstić information content (AvgIpc) is 2.66. The zero-order valence-corrected chi connectivity index (χ0v) is 16.1. The molecule has 1 N–H and O–H groups in total. The Morgan fingerprint density at radius 1 is 0.929 bits per heavy atom. The Balaban J connectivity index is 1.92. The molecule has 7 nitrogen and oxygen atoms in total. The van der Waals surface area contributed by atoms with E-state index in [0.29, 0.717) is 17.2 Å². The van der Waals surface area contributed by atoms with Crippen LogP contribution in [0.2, 0.25) is 0 Å². The summed E-state index contributed by atoms with van der Waals surface area (Å²) in [7, 11) is 3.14. The molecule has 0 aliphatic carbocycles. The molecule has 7 heteroatoms. The van der Waals surface area contributed by atoms with Gasteiger partial charge in [-0.1, -0.05) is 24.3 Å². The number of rotatable bonds is 5. The van der Waals surface area contributed by atoms with Crippen LogP contribution in [0.4, 0.5) is 5.69 Å². The molecule has 0 amide bonds. The quantitative estimate of drug-likeness (QED) is 0.481. The van der Waals surface area contributed by atoms with Crippen molar-refractivity contribution >= 4 is 17.6 Å². The van der Waals surface area contributed by atoms with Crippen molar-refractivity contribution in [1.29, 1.82) is 0 Å². The first-order valence-electron chi connectivity index (χ1n) is 8.59. The van der Waals surface area contributed by atoms with Crippen LogP contribution in [0.25, 0.3) is 11.1 Å². The lowest BCUT2D eigenvalue weighted by molar-refractivity contribution is -0.222. The topological polar surface area (TPSA) is 83.1 Å². The SMILES string of the molecule is COc1ccc(-c2ccccc2NC=C2C(=O)OC(C)(C)OC2=O)cc1OC. The van der Waals surface area contributed by atoms with Crippen molar-refractivity contribution in [3.05, 3.63) is 54.2 Å². The third kappa shape index (κ3) is 3.93. The molecule has 0 aromatic heterocycles. The van der Waals surface area contributed by atoms with Crippen LogP contribution in [-0.2, 0) is 19.1 Å². The van der Waals surface area contributed by atoms with Gasteiger partial charge in [-0.3, -0.25) is 0 Å². The minimum atomic E-state index is -1.27. The molecule has 0 bridgehead atoms. The summed E-state index contributed by atoms with van der Waals surface area (Å²) in [5.74, 6) is -1.54. The number of nitrogens with one attached hydrogen (secondary N) is 1. The van der Waals surface area contributed by atoms with Gasteiger partial charge >= 0.3 is 11.9 Å². The van der Waals surface area contributed by atoms with Gasteiger partial charge in [-0.15, -0.1) is 0 Å². The Hall–Kier alpha value is -3.48. The van der Waals surface area contributed by atoms with Crippen molar-refractivity contribution in [2.24, 2.45) is 0 Å². The fourth-order valence-electron chi connectivity index (χ4n) is 2.79. The molecule has 2 aromatic rings. The fraction of sp³-hybridized carbons (Fsp3) is 0.238. The summed E-state index contributed by atoms with van der Waals surface area (Å²) in [6.07, 6.45) is 1.29. The highest BCUT2D eigenvalue weighted by Crippen LogP contribution is 2.35. The number of ether oxygens (including phenoxy) is 4. The van der Waals surface area contributed by atoms with E-state index in [1.165, 1.54) is 20.0 Å². The predicted molar refractivity (Wildman–Crippen MR) is 103 cm³/mol. The van der Waals surface area contributed by atoms with Crippen LogP contribution < -0.4 is 14.8 Å². The predicted octanol–water partition coefficient (Wildman–Crippen LogP) is 3.50. The molecule has 146 valence electrons. The van der Waals surface area contributed by atoms with Crippen LogP contribution in [0.5, 0.6) is 11.5 Å². The second-order valence-corrected chi connectivity index (χ2v) is 6.50. The van der Waals surface area contributed by atoms with Crippen LogP contribution in [0, 0.1) is 0 Å². The molecule has 28 heavy (non-hydrogen) atoms. The van der Waals surface area contributed by atoms with Crippen molar-refractivity contribution in [2.75, 3.05) is 19.5 Å². The largest absolute Gasteiger partial charge is 0.493 e. The van der Waals surface area contributed by atoms with Gasteiger partial charge in [-0.25, -0.2) is 9.59 Å². The number of hydrogen-bond acceptors (Lipinski definition) is 7. The summed E-state index contributed by atoms with van der Waals surface area (Å²) in [5.41, 5.74) is 2.20. The maximum Gasteiger partial charge on any atom is 0.350 e. The molecular formula is C21H21NO6. The second kappa shape index (κ2) is 7.64. The van der Waals surface area contributed by atoms with Gasteiger partial charge in [-0.2, -0.15) is 0 Å². The molecule has 0 radical (unpaired) electrons. The van der Waals surface area contributed by atoms with Crippen molar-refractivity contribution in [2.45, 2.75) is 19.6 Å². The maximum atomic E-state index is 12.1. The van der Waals surface area contributed by atoms with E-state index in [9.17, 15) is 9.59 Å². The molecule has 1 aliphatic rings. The number of carbonyl (C=O) groups is 2. The first-order chi connectivity index (χ1) is 13.3. The molecule has 0 spiro atoms. The minimum absolute atomic E-state index is 0.207. The van der Waals surface area contributed by atoms with Gasteiger partial charge in [0.15, 0.2) is 17.1 Å². The van der Waals surface area contributed by atoms with Gasteiger partial charge in [-0.05, 0) is 23.8 Å². The highest BCUT2D eigenvalue weighted by atomic mass is 16.7. The normalized spacial score (nSPS) is 15.4. The first-order valence-corrected chi connectivity index (χ1v) is 8.59. The summed E-state index contributed by atoms with van der Waals surface area (Å²) in [6, 6.07) is 13.0. The molecule has 1 saturated heterocycles. The smallest absolute Gasteiger partial charge is 0.350 e. The Morgan fingerprint density at radius 2 is 1.57 bits per heavy atom. The van der Waals surface area contributed by atoms with E-state index in [-0.39, 0.29) is 5.57 Å². The number of hydrogen-bond donors (Lipinski definition) is 1. The van der Waals surface area contributed by atoms with Crippen molar-refractivity contribution in [1.82, 2.24) is 0 Å². The lowest BCUT2D eigenvalue weighted by Gasteiger charge is -2.29. The van der Waals surface area contributed by atoms with E-state index in [0.717, 1.165) is 11.1 Å². The van der Waals surface area contributed by atoms with Crippen LogP contribution in [0.15, 0.2) is 54.2 Å². The third-order valence-electron chi connectivity index (χ3n) is 4.11. The highest BCUT2D eigenvalue weighted by molar-refractivity contribution is 6.15. The molecule has 1 heterocycles. The third-order valence-corrected chi connectivity index (χ3v) is 4.11. The van der Waals surface area contributed by atoms with Crippen LogP contribution in [0.3, 0.4) is 0 Å². The highest BCUT2D eigenvalue weighted by Gasteiger charge is 2.38. The van der Waals surface area contributed by atoms with E-state index in [1.807, 2.05) is 36.4 Å². The Labute approximate surface area is 162 Å². The van der Waals surface area contributed by atoms with Crippen LogP contribution in [-0.4, -0.2) is 31.9 Å². The number of methoxy groups -OCH3 is 2. The summed E-state index contributed by atoms with van der Waals surface area (Å²) >= 11 is 0. The zero-order chi connectivity index (χ0) is 20.3. The van der Waals surface area contributed by atoms with Crippen molar-refractivity contribution < 1.29 is 28.5 Å².